The Kier molecular flexibility index (Phi) is 16.8. The van der Waals surface area contributed by atoms with Gasteiger partial charge in [-0.2, -0.15) is 12.6 Å². The molecular weight excluding hydrogens is 586 g/mol. The largest absolute Gasteiger partial charge is 0.481 e. The predicted octanol–water partition coefficient (Wildman–Crippen LogP) is -4.99. The van der Waals surface area contributed by atoms with Gasteiger partial charge in [0, 0.05) is 18.6 Å². The van der Waals surface area contributed by atoms with Crippen LogP contribution in [-0.4, -0.2) is 111 Å². The molecule has 0 heterocycles. The molecule has 0 saturated carbocycles. The van der Waals surface area contributed by atoms with E-state index in [1.807, 2.05) is 0 Å². The summed E-state index contributed by atoms with van der Waals surface area (Å²) >= 11 is 3.82. The van der Waals surface area contributed by atoms with Crippen molar-refractivity contribution in [1.29, 1.82) is 0 Å². The van der Waals surface area contributed by atoms with Gasteiger partial charge in [-0.15, -0.1) is 0 Å². The van der Waals surface area contributed by atoms with E-state index in [-0.39, 0.29) is 12.2 Å². The second kappa shape index (κ2) is 18.8. The van der Waals surface area contributed by atoms with Crippen LogP contribution in [0.5, 0.6) is 0 Å². The Hall–Kier alpha value is -4.46. The van der Waals surface area contributed by atoms with Crippen molar-refractivity contribution in [3.05, 3.63) is 0 Å². The summed E-state index contributed by atoms with van der Waals surface area (Å²) < 4.78 is 0. The van der Waals surface area contributed by atoms with Crippen LogP contribution in [-0.2, 0) is 43.2 Å². The lowest BCUT2D eigenvalue weighted by molar-refractivity contribution is -0.141. The predicted molar refractivity (Wildman–Crippen MR) is 143 cm³/mol. The fraction of sp³-hybridized carbons (Fsp3) is 0.591. The maximum Gasteiger partial charge on any atom is 0.327 e. The van der Waals surface area contributed by atoms with Gasteiger partial charge in [-0.3, -0.25) is 38.4 Å². The third-order valence-electron chi connectivity index (χ3n) is 5.31. The van der Waals surface area contributed by atoms with Gasteiger partial charge in [-0.25, -0.2) is 4.79 Å². The number of aliphatic carboxylic acids is 3. The Balaban J connectivity index is 5.41. The number of hydrogen-bond donors (Lipinski definition) is 11. The molecule has 0 aliphatic heterocycles. The van der Waals surface area contributed by atoms with E-state index < -0.39 is 116 Å². The number of hydrogen-bond acceptors (Lipinski definition) is 11. The molecule has 42 heavy (non-hydrogen) atoms. The van der Waals surface area contributed by atoms with Gasteiger partial charge in [0.2, 0.25) is 35.4 Å². The van der Waals surface area contributed by atoms with Crippen molar-refractivity contribution in [3.63, 3.8) is 0 Å². The van der Waals surface area contributed by atoms with Crippen LogP contribution in [0.15, 0.2) is 0 Å². The Morgan fingerprint density at radius 2 is 1.24 bits per heavy atom. The zero-order valence-electron chi connectivity index (χ0n) is 22.5. The molecule has 0 aromatic rings. The lowest BCUT2D eigenvalue weighted by Gasteiger charge is -2.24. The van der Waals surface area contributed by atoms with E-state index in [1.54, 1.807) is 0 Å². The minimum absolute atomic E-state index is 0.308. The van der Waals surface area contributed by atoms with Crippen molar-refractivity contribution in [2.24, 2.45) is 11.5 Å². The van der Waals surface area contributed by atoms with E-state index in [1.165, 1.54) is 6.92 Å². The van der Waals surface area contributed by atoms with Gasteiger partial charge in [0.15, 0.2) is 0 Å². The molecular formula is C22H35N7O12S. The zero-order valence-corrected chi connectivity index (χ0v) is 23.3. The first-order chi connectivity index (χ1) is 19.5. The van der Waals surface area contributed by atoms with Gasteiger partial charge in [0.25, 0.3) is 0 Å². The van der Waals surface area contributed by atoms with Gasteiger partial charge in [0.05, 0.1) is 19.0 Å². The lowest BCUT2D eigenvalue weighted by atomic mass is 10.1. The summed E-state index contributed by atoms with van der Waals surface area (Å²) in [5.74, 6) is -10.1. The Morgan fingerprint density at radius 3 is 1.71 bits per heavy atom. The maximum atomic E-state index is 12.9. The number of carboxylic acids is 3. The fourth-order valence-electron chi connectivity index (χ4n) is 3.05. The van der Waals surface area contributed by atoms with Gasteiger partial charge in [-0.1, -0.05) is 0 Å². The molecule has 0 spiro atoms. The van der Waals surface area contributed by atoms with Gasteiger partial charge in [0.1, 0.15) is 24.2 Å². The average Bonchev–Trinajstić information content (AvgIpc) is 2.89. The number of carboxylic acid groups (broad SMARTS) is 3. The monoisotopic (exact) mass is 621 g/mol. The summed E-state index contributed by atoms with van der Waals surface area (Å²) in [6, 6.07) is -7.18. The summed E-state index contributed by atoms with van der Waals surface area (Å²) in [5.41, 5.74) is 10.5. The van der Waals surface area contributed by atoms with Crippen molar-refractivity contribution in [2.75, 3.05) is 12.3 Å². The van der Waals surface area contributed by atoms with E-state index in [9.17, 15) is 43.2 Å². The first-order valence-corrected chi connectivity index (χ1v) is 12.9. The minimum atomic E-state index is -1.55. The maximum absolute atomic E-state index is 12.9. The highest BCUT2D eigenvalue weighted by molar-refractivity contribution is 7.80. The minimum Gasteiger partial charge on any atom is -0.481 e. The van der Waals surface area contributed by atoms with Crippen LogP contribution in [0.3, 0.4) is 0 Å². The normalized spacial score (nSPS) is 14.1. The lowest BCUT2D eigenvalue weighted by Crippen LogP contribution is -2.57. The number of nitrogens with two attached hydrogens (primary N) is 2. The quantitative estimate of drug-likeness (QED) is 0.0568. The van der Waals surface area contributed by atoms with Crippen LogP contribution in [0.25, 0.3) is 0 Å². The van der Waals surface area contributed by atoms with Crippen molar-refractivity contribution in [3.8, 4) is 0 Å². The SMILES string of the molecule is C[C@H](NC(=O)[C@@H](N)CC(=O)O)C(=O)NCC(=O)N[C@@H](CCC(=O)O)C(=O)N[C@@H](CCC(N)=O)C(=O)N[C@@H](CS)C(=O)O. The van der Waals surface area contributed by atoms with Crippen LogP contribution in [0, 0.1) is 0 Å². The number of carbonyl (C=O) groups excluding carboxylic acids is 6. The molecule has 0 unspecified atom stereocenters. The van der Waals surface area contributed by atoms with Crippen LogP contribution >= 0.6 is 12.6 Å². The molecule has 0 rings (SSSR count). The fourth-order valence-corrected chi connectivity index (χ4v) is 3.30. The molecule has 0 aromatic carbocycles. The average molecular weight is 622 g/mol. The van der Waals surface area contributed by atoms with E-state index in [0.29, 0.717) is 0 Å². The smallest absolute Gasteiger partial charge is 0.327 e. The molecule has 6 amide bonds. The van der Waals surface area contributed by atoms with E-state index in [4.69, 9.17) is 26.8 Å². The van der Waals surface area contributed by atoms with E-state index in [0.717, 1.165) is 0 Å². The molecule has 5 atom stereocenters. The van der Waals surface area contributed by atoms with Crippen LogP contribution < -0.4 is 38.1 Å². The molecule has 0 saturated heterocycles. The standard InChI is InChI=1S/C22H35N7O12S/c1-9(26-19(37)10(23)6-17(34)35)18(36)25-7-15(31)27-11(3-5-16(32)33)20(38)28-12(2-4-14(24)30)21(39)29-13(8-42)22(40)41/h9-13,42H,2-8,23H2,1H3,(H2,24,30)(H,25,36)(H,26,37)(H,27,31)(H,28,38)(H,29,39)(H,32,33)(H,34,35)(H,40,41)/t9-,10-,11-,12-,13-/m0/s1. The molecule has 19 nitrogen and oxygen atoms in total. The van der Waals surface area contributed by atoms with E-state index in [2.05, 4.69) is 39.2 Å². The molecule has 0 aromatic heterocycles. The summed E-state index contributed by atoms with van der Waals surface area (Å²) in [7, 11) is 0. The van der Waals surface area contributed by atoms with Gasteiger partial charge in [-0.05, 0) is 19.8 Å². The molecule has 0 bridgehead atoms. The molecule has 0 aliphatic rings. The molecule has 0 fully saturated rings. The zero-order chi connectivity index (χ0) is 32.6. The molecule has 0 radical (unpaired) electrons. The Bertz CT molecular complexity index is 1060. The number of primary amides is 1. The summed E-state index contributed by atoms with van der Waals surface area (Å²) in [6.45, 7) is 0.479. The summed E-state index contributed by atoms with van der Waals surface area (Å²) in [6.07, 6.45) is -2.52. The molecule has 12 N–H and O–H groups in total. The highest BCUT2D eigenvalue weighted by Crippen LogP contribution is 2.04. The number of amides is 6. The van der Waals surface area contributed by atoms with Crippen molar-refractivity contribution < 1.29 is 58.5 Å². The van der Waals surface area contributed by atoms with Crippen LogP contribution in [0.1, 0.15) is 39.0 Å². The number of nitrogens with one attached hydrogen (secondary N) is 5. The van der Waals surface area contributed by atoms with Crippen molar-refractivity contribution in [1.82, 2.24) is 26.6 Å². The first kappa shape index (κ1) is 37.5. The third kappa shape index (κ3) is 15.4. The first-order valence-electron chi connectivity index (χ1n) is 12.3. The molecule has 236 valence electrons. The summed E-state index contributed by atoms with van der Waals surface area (Å²) in [5, 5.41) is 37.7. The number of carbonyl (C=O) groups is 9. The number of thiol groups is 1. The van der Waals surface area contributed by atoms with Crippen molar-refractivity contribution in [2.45, 2.75) is 69.2 Å². The topological polar surface area (TPSA) is 327 Å². The second-order valence-corrected chi connectivity index (χ2v) is 9.22. The Morgan fingerprint density at radius 1 is 0.714 bits per heavy atom. The van der Waals surface area contributed by atoms with Crippen LogP contribution in [0.4, 0.5) is 0 Å². The highest BCUT2D eigenvalue weighted by atomic mass is 32.1. The third-order valence-corrected chi connectivity index (χ3v) is 5.68. The second-order valence-electron chi connectivity index (χ2n) is 8.85. The van der Waals surface area contributed by atoms with E-state index >= 15 is 0 Å². The van der Waals surface area contributed by atoms with Crippen molar-refractivity contribution >= 4 is 66.0 Å². The Labute approximate surface area is 244 Å². The molecule has 20 heteroatoms. The summed E-state index contributed by atoms with van der Waals surface area (Å²) in [4.78, 5) is 106. The van der Waals surface area contributed by atoms with Crippen LogP contribution in [0.2, 0.25) is 0 Å². The van der Waals surface area contributed by atoms with Gasteiger partial charge < -0.3 is 53.4 Å². The number of rotatable bonds is 20. The highest BCUT2D eigenvalue weighted by Gasteiger charge is 2.30. The molecule has 0 aliphatic carbocycles. The van der Waals surface area contributed by atoms with Gasteiger partial charge >= 0.3 is 17.9 Å².